The van der Waals surface area contributed by atoms with E-state index in [2.05, 4.69) is 9.83 Å². The van der Waals surface area contributed by atoms with Crippen molar-refractivity contribution in [1.82, 2.24) is 4.98 Å². The van der Waals surface area contributed by atoms with Crippen LogP contribution in [0.25, 0.3) is 4.85 Å². The molecule has 0 saturated carbocycles. The van der Waals surface area contributed by atoms with Crippen molar-refractivity contribution in [3.8, 4) is 0 Å². The molecular formula is C7H6N2S. The van der Waals surface area contributed by atoms with Gasteiger partial charge in [0.15, 0.2) is 0 Å². The molecule has 0 aliphatic rings. The third kappa shape index (κ3) is 1.28. The Morgan fingerprint density at radius 1 is 1.70 bits per heavy atom. The number of rotatable bonds is 1. The van der Waals surface area contributed by atoms with E-state index in [1.165, 1.54) is 0 Å². The number of hydrogen-bond donors (Lipinski definition) is 0. The van der Waals surface area contributed by atoms with Crippen molar-refractivity contribution >= 4 is 17.6 Å². The second-order valence-corrected chi connectivity index (χ2v) is 2.49. The minimum Gasteiger partial charge on any atom is -0.360 e. The first-order valence-corrected chi connectivity index (χ1v) is 3.97. The van der Waals surface area contributed by atoms with Gasteiger partial charge in [0.05, 0.1) is 0 Å². The Bertz CT molecular complexity index is 265. The SMILES string of the molecule is [C-]#[N+]c1ncccc1SC. The number of aromatic nitrogens is 1. The van der Waals surface area contributed by atoms with E-state index in [9.17, 15) is 0 Å². The van der Waals surface area contributed by atoms with Crippen molar-refractivity contribution in [2.75, 3.05) is 6.26 Å². The predicted molar refractivity (Wildman–Crippen MR) is 42.3 cm³/mol. The minimum absolute atomic E-state index is 0.495. The van der Waals surface area contributed by atoms with E-state index in [-0.39, 0.29) is 0 Å². The van der Waals surface area contributed by atoms with Gasteiger partial charge in [0.25, 0.3) is 5.82 Å². The summed E-state index contributed by atoms with van der Waals surface area (Å²) in [6.07, 6.45) is 3.57. The van der Waals surface area contributed by atoms with Crippen molar-refractivity contribution in [1.29, 1.82) is 0 Å². The summed E-state index contributed by atoms with van der Waals surface area (Å²) in [6, 6.07) is 3.73. The molecule has 0 N–H and O–H groups in total. The van der Waals surface area contributed by atoms with E-state index in [0.717, 1.165) is 4.90 Å². The maximum atomic E-state index is 6.74. The minimum atomic E-state index is 0.495. The molecule has 0 aliphatic heterocycles. The van der Waals surface area contributed by atoms with Gasteiger partial charge in [-0.15, -0.1) is 16.7 Å². The van der Waals surface area contributed by atoms with Crippen molar-refractivity contribution in [3.05, 3.63) is 29.7 Å². The average molecular weight is 150 g/mol. The fourth-order valence-electron chi connectivity index (χ4n) is 0.626. The Hall–Kier alpha value is -1.01. The van der Waals surface area contributed by atoms with Gasteiger partial charge in [-0.3, -0.25) is 0 Å². The Balaban J connectivity index is 3.12. The van der Waals surface area contributed by atoms with Crippen LogP contribution in [0.1, 0.15) is 0 Å². The highest BCUT2D eigenvalue weighted by atomic mass is 32.2. The molecule has 10 heavy (non-hydrogen) atoms. The van der Waals surface area contributed by atoms with Crippen LogP contribution in [0.3, 0.4) is 0 Å². The van der Waals surface area contributed by atoms with Gasteiger partial charge >= 0.3 is 0 Å². The number of hydrogen-bond acceptors (Lipinski definition) is 2. The molecule has 0 bridgehead atoms. The molecule has 3 heteroatoms. The van der Waals surface area contributed by atoms with E-state index < -0.39 is 0 Å². The molecule has 1 rings (SSSR count). The molecule has 1 aromatic rings. The summed E-state index contributed by atoms with van der Waals surface area (Å²) < 4.78 is 0. The zero-order valence-electron chi connectivity index (χ0n) is 5.53. The molecule has 0 radical (unpaired) electrons. The normalized spacial score (nSPS) is 8.80. The lowest BCUT2D eigenvalue weighted by molar-refractivity contribution is 1.27. The first-order chi connectivity index (χ1) is 4.88. The first-order valence-electron chi connectivity index (χ1n) is 2.75. The zero-order valence-corrected chi connectivity index (χ0v) is 6.35. The summed E-state index contributed by atoms with van der Waals surface area (Å²) >= 11 is 1.54. The molecule has 0 spiro atoms. The second kappa shape index (κ2) is 3.23. The van der Waals surface area contributed by atoms with Crippen molar-refractivity contribution in [2.45, 2.75) is 4.90 Å². The summed E-state index contributed by atoms with van der Waals surface area (Å²) in [4.78, 5) is 8.09. The standard InChI is InChI=1S/C7H6N2S/c1-8-7-6(10-2)4-3-5-9-7/h3-5H,2H3. The van der Waals surface area contributed by atoms with Gasteiger partial charge in [0.2, 0.25) is 0 Å². The van der Waals surface area contributed by atoms with E-state index in [4.69, 9.17) is 6.57 Å². The van der Waals surface area contributed by atoms with Gasteiger partial charge in [-0.1, -0.05) is 12.6 Å². The number of pyridine rings is 1. The predicted octanol–water partition coefficient (Wildman–Crippen LogP) is 2.35. The van der Waals surface area contributed by atoms with Crippen molar-refractivity contribution in [3.63, 3.8) is 0 Å². The summed E-state index contributed by atoms with van der Waals surface area (Å²) in [5, 5.41) is 0. The lowest BCUT2D eigenvalue weighted by Crippen LogP contribution is -1.73. The molecular weight excluding hydrogens is 144 g/mol. The lowest BCUT2D eigenvalue weighted by Gasteiger charge is -1.94. The highest BCUT2D eigenvalue weighted by Gasteiger charge is 1.98. The summed E-state index contributed by atoms with van der Waals surface area (Å²) in [5.41, 5.74) is 0. The van der Waals surface area contributed by atoms with Gasteiger partial charge < -0.3 is 4.85 Å². The van der Waals surface area contributed by atoms with E-state index >= 15 is 0 Å². The maximum Gasteiger partial charge on any atom is 0.283 e. The topological polar surface area (TPSA) is 17.2 Å². The molecule has 1 heterocycles. The Kier molecular flexibility index (Phi) is 2.30. The first kappa shape index (κ1) is 7.10. The van der Waals surface area contributed by atoms with Crippen LogP contribution in [0, 0.1) is 6.57 Å². The monoisotopic (exact) mass is 150 g/mol. The molecule has 0 saturated heterocycles. The van der Waals surface area contributed by atoms with Gasteiger partial charge in [-0.2, -0.15) is 0 Å². The maximum absolute atomic E-state index is 6.74. The second-order valence-electron chi connectivity index (χ2n) is 1.64. The largest absolute Gasteiger partial charge is 0.360 e. The molecule has 0 aliphatic carbocycles. The van der Waals surface area contributed by atoms with Crippen LogP contribution >= 0.6 is 11.8 Å². The quantitative estimate of drug-likeness (QED) is 0.451. The highest BCUT2D eigenvalue weighted by molar-refractivity contribution is 7.98. The van der Waals surface area contributed by atoms with Gasteiger partial charge in [-0.05, 0) is 12.3 Å². The third-order valence-corrected chi connectivity index (χ3v) is 1.84. The van der Waals surface area contributed by atoms with Crippen LogP contribution in [-0.2, 0) is 0 Å². The molecule has 50 valence electrons. The molecule has 1 aromatic heterocycles. The molecule has 0 aromatic carbocycles. The van der Waals surface area contributed by atoms with Crippen LogP contribution in [0.15, 0.2) is 23.2 Å². The summed E-state index contributed by atoms with van der Waals surface area (Å²) in [6.45, 7) is 6.74. The van der Waals surface area contributed by atoms with Crippen LogP contribution in [0.5, 0.6) is 0 Å². The molecule has 0 atom stereocenters. The fraction of sp³-hybridized carbons (Fsp3) is 0.143. The number of thioether (sulfide) groups is 1. The summed E-state index contributed by atoms with van der Waals surface area (Å²) in [7, 11) is 0. The summed E-state index contributed by atoms with van der Waals surface area (Å²) in [5.74, 6) is 0.495. The van der Waals surface area contributed by atoms with Crippen LogP contribution < -0.4 is 0 Å². The Labute approximate surface area is 64.1 Å². The van der Waals surface area contributed by atoms with Crippen LogP contribution in [0.2, 0.25) is 0 Å². The molecule has 0 fully saturated rings. The van der Waals surface area contributed by atoms with E-state index in [0.29, 0.717) is 5.82 Å². The Morgan fingerprint density at radius 3 is 3.00 bits per heavy atom. The van der Waals surface area contributed by atoms with E-state index in [1.54, 1.807) is 18.0 Å². The van der Waals surface area contributed by atoms with Gasteiger partial charge in [-0.25, -0.2) is 0 Å². The smallest absolute Gasteiger partial charge is 0.283 e. The molecule has 2 nitrogen and oxygen atoms in total. The lowest BCUT2D eigenvalue weighted by atomic mass is 10.5. The van der Waals surface area contributed by atoms with Crippen LogP contribution in [-0.4, -0.2) is 11.2 Å². The van der Waals surface area contributed by atoms with Crippen molar-refractivity contribution < 1.29 is 0 Å². The third-order valence-electron chi connectivity index (χ3n) is 1.08. The highest BCUT2D eigenvalue weighted by Crippen LogP contribution is 2.24. The zero-order chi connectivity index (χ0) is 7.40. The Morgan fingerprint density at radius 2 is 2.50 bits per heavy atom. The molecule has 0 unspecified atom stereocenters. The molecule has 0 amide bonds. The van der Waals surface area contributed by atoms with Gasteiger partial charge in [0.1, 0.15) is 6.20 Å². The number of nitrogens with zero attached hydrogens (tertiary/aromatic N) is 2. The van der Waals surface area contributed by atoms with Crippen molar-refractivity contribution in [2.24, 2.45) is 0 Å². The van der Waals surface area contributed by atoms with Crippen LogP contribution in [0.4, 0.5) is 5.82 Å². The van der Waals surface area contributed by atoms with E-state index in [1.807, 2.05) is 18.4 Å². The fourth-order valence-corrected chi connectivity index (χ4v) is 1.12. The van der Waals surface area contributed by atoms with Gasteiger partial charge in [0, 0.05) is 4.90 Å². The average Bonchev–Trinajstić information content (AvgIpc) is 2.04.